The van der Waals surface area contributed by atoms with Crippen LogP contribution in [0.25, 0.3) is 6.08 Å². The summed E-state index contributed by atoms with van der Waals surface area (Å²) in [7, 11) is 0. The van der Waals surface area contributed by atoms with Gasteiger partial charge in [-0.2, -0.15) is 5.26 Å². The van der Waals surface area contributed by atoms with Gasteiger partial charge in [-0.3, -0.25) is 10.1 Å². The number of carbonyl (C=O) groups excluding carboxylic acids is 1. The Balaban J connectivity index is 2.25. The standard InChI is InChI=1S/C18H23N5OS/c1-6-16-21-22-18(25-16)20-17(24)15(9-19)8-14-7-12(4)23(13(14)5)10-11(2)3/h7-8,11H,6,10H2,1-5H3,(H,20,22,24)/b15-8+. The molecule has 0 aliphatic heterocycles. The molecule has 2 heterocycles. The fourth-order valence-corrected chi connectivity index (χ4v) is 3.21. The molecule has 0 aliphatic rings. The number of hydrogen-bond donors (Lipinski definition) is 1. The first-order chi connectivity index (χ1) is 11.8. The summed E-state index contributed by atoms with van der Waals surface area (Å²) in [5, 5.41) is 21.2. The molecule has 0 saturated heterocycles. The predicted octanol–water partition coefficient (Wildman–Crippen LogP) is 3.72. The monoisotopic (exact) mass is 357 g/mol. The van der Waals surface area contributed by atoms with E-state index >= 15 is 0 Å². The second-order valence-corrected chi connectivity index (χ2v) is 7.37. The third-order valence-corrected chi connectivity index (χ3v) is 4.80. The van der Waals surface area contributed by atoms with Crippen LogP contribution in [0.4, 0.5) is 5.13 Å². The number of nitrogens with zero attached hydrogens (tertiary/aromatic N) is 4. The Hall–Kier alpha value is -2.46. The minimum atomic E-state index is -0.463. The lowest BCUT2D eigenvalue weighted by Gasteiger charge is -2.12. The van der Waals surface area contributed by atoms with E-state index in [-0.39, 0.29) is 5.57 Å². The number of amides is 1. The van der Waals surface area contributed by atoms with Gasteiger partial charge in [-0.05, 0) is 43.9 Å². The molecule has 0 saturated carbocycles. The molecular weight excluding hydrogens is 334 g/mol. The molecule has 25 heavy (non-hydrogen) atoms. The Morgan fingerprint density at radius 3 is 2.72 bits per heavy atom. The van der Waals surface area contributed by atoms with Gasteiger partial charge >= 0.3 is 0 Å². The fourth-order valence-electron chi connectivity index (χ4n) is 2.54. The summed E-state index contributed by atoms with van der Waals surface area (Å²) in [6.45, 7) is 11.2. The summed E-state index contributed by atoms with van der Waals surface area (Å²) in [6.07, 6.45) is 2.40. The minimum Gasteiger partial charge on any atom is -0.348 e. The molecule has 0 aromatic carbocycles. The van der Waals surface area contributed by atoms with Crippen LogP contribution in [-0.2, 0) is 17.8 Å². The molecule has 0 unspecified atom stereocenters. The molecule has 2 aromatic rings. The number of nitrogens with one attached hydrogen (secondary N) is 1. The van der Waals surface area contributed by atoms with Crippen molar-refractivity contribution in [1.29, 1.82) is 5.26 Å². The number of anilines is 1. The van der Waals surface area contributed by atoms with Crippen LogP contribution in [0.2, 0.25) is 0 Å². The van der Waals surface area contributed by atoms with Crippen molar-refractivity contribution >= 4 is 28.5 Å². The summed E-state index contributed by atoms with van der Waals surface area (Å²) in [4.78, 5) is 12.4. The van der Waals surface area contributed by atoms with Crippen LogP contribution in [0.15, 0.2) is 11.6 Å². The lowest BCUT2D eigenvalue weighted by molar-refractivity contribution is -0.112. The molecule has 0 radical (unpaired) electrons. The average Bonchev–Trinajstić information content (AvgIpc) is 3.11. The van der Waals surface area contributed by atoms with E-state index in [1.807, 2.05) is 32.9 Å². The summed E-state index contributed by atoms with van der Waals surface area (Å²) in [5.41, 5.74) is 3.11. The quantitative estimate of drug-likeness (QED) is 0.631. The zero-order chi connectivity index (χ0) is 18.6. The van der Waals surface area contributed by atoms with Gasteiger partial charge in [0, 0.05) is 17.9 Å². The summed E-state index contributed by atoms with van der Waals surface area (Å²) < 4.78 is 2.21. The maximum Gasteiger partial charge on any atom is 0.268 e. The van der Waals surface area contributed by atoms with Crippen molar-refractivity contribution in [2.24, 2.45) is 5.92 Å². The predicted molar refractivity (Wildman–Crippen MR) is 100 cm³/mol. The molecule has 0 atom stereocenters. The van der Waals surface area contributed by atoms with Gasteiger partial charge in [0.05, 0.1) is 0 Å². The van der Waals surface area contributed by atoms with Crippen molar-refractivity contribution in [2.45, 2.75) is 47.6 Å². The first-order valence-electron chi connectivity index (χ1n) is 8.27. The Bertz CT molecular complexity index is 838. The molecule has 132 valence electrons. The molecule has 0 aliphatic carbocycles. The smallest absolute Gasteiger partial charge is 0.268 e. The van der Waals surface area contributed by atoms with E-state index in [9.17, 15) is 10.1 Å². The second-order valence-electron chi connectivity index (χ2n) is 6.31. The van der Waals surface area contributed by atoms with Crippen LogP contribution in [0.5, 0.6) is 0 Å². The van der Waals surface area contributed by atoms with E-state index in [4.69, 9.17) is 0 Å². The van der Waals surface area contributed by atoms with E-state index < -0.39 is 5.91 Å². The molecule has 1 N–H and O–H groups in total. The van der Waals surface area contributed by atoms with Crippen molar-refractivity contribution in [1.82, 2.24) is 14.8 Å². The van der Waals surface area contributed by atoms with Gasteiger partial charge in [0.1, 0.15) is 16.6 Å². The van der Waals surface area contributed by atoms with Gasteiger partial charge in [0.25, 0.3) is 5.91 Å². The topological polar surface area (TPSA) is 83.6 Å². The highest BCUT2D eigenvalue weighted by molar-refractivity contribution is 7.15. The Morgan fingerprint density at radius 2 is 2.16 bits per heavy atom. The highest BCUT2D eigenvalue weighted by Crippen LogP contribution is 2.21. The first-order valence-corrected chi connectivity index (χ1v) is 9.09. The number of aromatic nitrogens is 3. The highest BCUT2D eigenvalue weighted by atomic mass is 32.1. The third-order valence-electron chi connectivity index (χ3n) is 3.82. The molecule has 2 aromatic heterocycles. The zero-order valence-electron chi connectivity index (χ0n) is 15.3. The fraction of sp³-hybridized carbons (Fsp3) is 0.444. The molecule has 2 rings (SSSR count). The maximum absolute atomic E-state index is 12.4. The third kappa shape index (κ3) is 4.54. The van der Waals surface area contributed by atoms with Crippen LogP contribution in [0.3, 0.4) is 0 Å². The summed E-state index contributed by atoms with van der Waals surface area (Å²) >= 11 is 1.32. The highest BCUT2D eigenvalue weighted by Gasteiger charge is 2.15. The largest absolute Gasteiger partial charge is 0.348 e. The normalized spacial score (nSPS) is 11.6. The van der Waals surface area contributed by atoms with Crippen LogP contribution < -0.4 is 5.32 Å². The van der Waals surface area contributed by atoms with Crippen LogP contribution in [0, 0.1) is 31.1 Å². The van der Waals surface area contributed by atoms with Gasteiger partial charge in [-0.15, -0.1) is 10.2 Å². The molecular formula is C18H23N5OS. The molecule has 1 amide bonds. The minimum absolute atomic E-state index is 0.0537. The Kier molecular flexibility index (Phi) is 6.10. The van der Waals surface area contributed by atoms with Gasteiger partial charge in [-0.1, -0.05) is 32.1 Å². The summed E-state index contributed by atoms with van der Waals surface area (Å²) in [6, 6.07) is 3.99. The van der Waals surface area contributed by atoms with Crippen LogP contribution in [0.1, 0.15) is 42.7 Å². The molecule has 7 heteroatoms. The van der Waals surface area contributed by atoms with Crippen molar-refractivity contribution in [2.75, 3.05) is 5.32 Å². The number of rotatable bonds is 6. The number of hydrogen-bond acceptors (Lipinski definition) is 5. The number of carbonyl (C=O) groups is 1. The van der Waals surface area contributed by atoms with Crippen molar-refractivity contribution in [3.05, 3.63) is 33.6 Å². The molecule has 0 spiro atoms. The Labute approximate surface area is 152 Å². The molecule has 0 fully saturated rings. The van der Waals surface area contributed by atoms with Crippen molar-refractivity contribution in [3.63, 3.8) is 0 Å². The van der Waals surface area contributed by atoms with Gasteiger partial charge < -0.3 is 4.57 Å². The second kappa shape index (κ2) is 8.08. The lowest BCUT2D eigenvalue weighted by atomic mass is 10.1. The van der Waals surface area contributed by atoms with E-state index in [1.54, 1.807) is 6.08 Å². The van der Waals surface area contributed by atoms with Gasteiger partial charge in [-0.25, -0.2) is 0 Å². The van der Waals surface area contributed by atoms with Gasteiger partial charge in [0.15, 0.2) is 0 Å². The van der Waals surface area contributed by atoms with E-state index in [2.05, 4.69) is 33.9 Å². The Morgan fingerprint density at radius 1 is 1.44 bits per heavy atom. The average molecular weight is 357 g/mol. The molecule has 6 nitrogen and oxygen atoms in total. The van der Waals surface area contributed by atoms with E-state index in [0.717, 1.165) is 34.9 Å². The van der Waals surface area contributed by atoms with Crippen LogP contribution in [-0.4, -0.2) is 20.7 Å². The van der Waals surface area contributed by atoms with Crippen molar-refractivity contribution in [3.8, 4) is 6.07 Å². The van der Waals surface area contributed by atoms with Gasteiger partial charge in [0.2, 0.25) is 5.13 Å². The lowest BCUT2D eigenvalue weighted by Crippen LogP contribution is -2.13. The number of aryl methyl sites for hydroxylation is 2. The van der Waals surface area contributed by atoms with E-state index in [0.29, 0.717) is 11.0 Å². The molecule has 0 bridgehead atoms. The number of nitriles is 1. The van der Waals surface area contributed by atoms with Crippen LogP contribution >= 0.6 is 11.3 Å². The van der Waals surface area contributed by atoms with Crippen molar-refractivity contribution < 1.29 is 4.79 Å². The first kappa shape index (κ1) is 18.9. The SMILES string of the molecule is CCc1nnc(NC(=O)/C(C#N)=C/c2cc(C)n(CC(C)C)c2C)s1. The zero-order valence-corrected chi connectivity index (χ0v) is 16.1. The maximum atomic E-state index is 12.4. The summed E-state index contributed by atoms with van der Waals surface area (Å²) in [5.74, 6) is 0.0560. The van der Waals surface area contributed by atoms with E-state index in [1.165, 1.54) is 11.3 Å².